The van der Waals surface area contributed by atoms with E-state index in [-0.39, 0.29) is 17.0 Å². The maximum atomic E-state index is 12.1. The predicted octanol–water partition coefficient (Wildman–Crippen LogP) is 2.71. The molecule has 0 N–H and O–H groups in total. The Hall–Kier alpha value is -2.64. The lowest BCUT2D eigenvalue weighted by molar-refractivity contribution is -0.385. The average molecular weight is 324 g/mol. The van der Waals surface area contributed by atoms with Gasteiger partial charge in [0.1, 0.15) is 23.7 Å². The van der Waals surface area contributed by atoms with Crippen LogP contribution in [0.1, 0.15) is 32.4 Å². The molecule has 0 aliphatic rings. The van der Waals surface area contributed by atoms with E-state index in [9.17, 15) is 19.7 Å². The summed E-state index contributed by atoms with van der Waals surface area (Å²) in [7, 11) is 2.76. The number of amides is 1. The van der Waals surface area contributed by atoms with E-state index in [0.717, 1.165) is 4.90 Å². The first-order chi connectivity index (χ1) is 10.6. The van der Waals surface area contributed by atoms with Crippen LogP contribution in [0.25, 0.3) is 0 Å². The van der Waals surface area contributed by atoms with E-state index in [2.05, 4.69) is 0 Å². The first kappa shape index (κ1) is 18.4. The molecule has 0 aliphatic carbocycles. The van der Waals surface area contributed by atoms with Crippen LogP contribution in [0.2, 0.25) is 0 Å². The van der Waals surface area contributed by atoms with Gasteiger partial charge in [-0.3, -0.25) is 15.0 Å². The lowest BCUT2D eigenvalue weighted by Crippen LogP contribution is -2.37. The number of nitrogens with zero attached hydrogens (tertiary/aromatic N) is 2. The van der Waals surface area contributed by atoms with Gasteiger partial charge in [-0.05, 0) is 26.8 Å². The molecule has 126 valence electrons. The molecule has 0 saturated carbocycles. The fourth-order valence-corrected chi connectivity index (χ4v) is 1.89. The summed E-state index contributed by atoms with van der Waals surface area (Å²) in [4.78, 5) is 35.0. The Morgan fingerprint density at radius 1 is 1.39 bits per heavy atom. The summed E-state index contributed by atoms with van der Waals surface area (Å²) in [5, 5.41) is 10.9. The number of non-ortho nitro benzene ring substituents is 1. The average Bonchev–Trinajstić information content (AvgIpc) is 2.45. The largest absolute Gasteiger partial charge is 0.496 e. The van der Waals surface area contributed by atoms with Crippen molar-refractivity contribution in [3.63, 3.8) is 0 Å². The number of nitro groups is 1. The molecule has 23 heavy (non-hydrogen) atoms. The van der Waals surface area contributed by atoms with Crippen LogP contribution in [0.5, 0.6) is 5.75 Å². The Balaban J connectivity index is 3.23. The molecule has 0 bridgehead atoms. The maximum absolute atomic E-state index is 12.1. The maximum Gasteiger partial charge on any atom is 0.410 e. The number of hydrogen-bond acceptors (Lipinski definition) is 6. The van der Waals surface area contributed by atoms with Crippen molar-refractivity contribution >= 4 is 18.1 Å². The molecule has 1 aromatic rings. The van der Waals surface area contributed by atoms with Crippen LogP contribution in [0, 0.1) is 10.1 Å². The highest BCUT2D eigenvalue weighted by atomic mass is 16.6. The monoisotopic (exact) mass is 324 g/mol. The molecule has 1 aromatic carbocycles. The predicted molar refractivity (Wildman–Crippen MR) is 82.5 cm³/mol. The van der Waals surface area contributed by atoms with Gasteiger partial charge in [-0.1, -0.05) is 0 Å². The van der Waals surface area contributed by atoms with Crippen LogP contribution in [0.3, 0.4) is 0 Å². The molecule has 0 spiro atoms. The topological polar surface area (TPSA) is 99.0 Å². The van der Waals surface area contributed by atoms with E-state index in [1.807, 2.05) is 0 Å². The summed E-state index contributed by atoms with van der Waals surface area (Å²) in [6, 6.07) is 2.78. The van der Waals surface area contributed by atoms with Gasteiger partial charge in [-0.2, -0.15) is 0 Å². The van der Waals surface area contributed by atoms with Crippen LogP contribution in [-0.4, -0.2) is 42.0 Å². The van der Waals surface area contributed by atoms with Gasteiger partial charge >= 0.3 is 6.09 Å². The van der Waals surface area contributed by atoms with Crippen LogP contribution in [0.4, 0.5) is 10.5 Å². The summed E-state index contributed by atoms with van der Waals surface area (Å²) < 4.78 is 10.3. The van der Waals surface area contributed by atoms with E-state index in [0.29, 0.717) is 6.29 Å². The molecule has 8 nitrogen and oxygen atoms in total. The van der Waals surface area contributed by atoms with Gasteiger partial charge < -0.3 is 14.3 Å². The van der Waals surface area contributed by atoms with Gasteiger partial charge in [-0.15, -0.1) is 0 Å². The zero-order valence-corrected chi connectivity index (χ0v) is 13.7. The lowest BCUT2D eigenvalue weighted by Gasteiger charge is -2.28. The smallest absolute Gasteiger partial charge is 0.410 e. The van der Waals surface area contributed by atoms with Crippen molar-refractivity contribution in [1.82, 2.24) is 4.90 Å². The van der Waals surface area contributed by atoms with Gasteiger partial charge in [-0.25, -0.2) is 4.79 Å². The molecule has 0 aromatic heterocycles. The number of nitro benzene ring substituents is 1. The summed E-state index contributed by atoms with van der Waals surface area (Å²) in [6.45, 7) is 5.09. The molecule has 0 heterocycles. The zero-order valence-electron chi connectivity index (χ0n) is 13.7. The van der Waals surface area contributed by atoms with Crippen molar-refractivity contribution < 1.29 is 24.0 Å². The van der Waals surface area contributed by atoms with Gasteiger partial charge in [0.15, 0.2) is 0 Å². The summed E-state index contributed by atoms with van der Waals surface area (Å²) in [5.41, 5.74) is -0.721. The van der Waals surface area contributed by atoms with Crippen LogP contribution in [-0.2, 0) is 9.53 Å². The Bertz CT molecular complexity index is 608. The molecule has 0 saturated heterocycles. The Morgan fingerprint density at radius 3 is 2.43 bits per heavy atom. The summed E-state index contributed by atoms with van der Waals surface area (Å²) in [5.74, 6) is 0.267. The van der Waals surface area contributed by atoms with E-state index in [4.69, 9.17) is 9.47 Å². The zero-order chi connectivity index (χ0) is 17.8. The molecule has 1 rings (SSSR count). The Morgan fingerprint density at radius 2 is 2.00 bits per heavy atom. The molecule has 0 fully saturated rings. The molecule has 1 unspecified atom stereocenters. The second kappa shape index (κ2) is 7.08. The Kier molecular flexibility index (Phi) is 5.67. The molecular weight excluding hydrogens is 304 g/mol. The first-order valence-electron chi connectivity index (χ1n) is 6.84. The second-order valence-electron chi connectivity index (χ2n) is 5.86. The third kappa shape index (κ3) is 4.67. The standard InChI is InChI=1S/C15H20N2O6/c1-15(2,3)23-14(19)16(4)12(9-18)11-8-10(17(20)21)6-7-13(11)22-5/h6-9,12H,1-5H3. The number of likely N-dealkylation sites (N-methyl/N-ethyl adjacent to an activating group) is 1. The number of hydrogen-bond donors (Lipinski definition) is 0. The first-order valence-corrected chi connectivity index (χ1v) is 6.84. The minimum absolute atomic E-state index is 0.203. The fraction of sp³-hybridized carbons (Fsp3) is 0.467. The number of methoxy groups -OCH3 is 1. The third-order valence-electron chi connectivity index (χ3n) is 2.97. The van der Waals surface area contributed by atoms with Crippen molar-refractivity contribution in [3.05, 3.63) is 33.9 Å². The molecular formula is C15H20N2O6. The third-order valence-corrected chi connectivity index (χ3v) is 2.97. The fourth-order valence-electron chi connectivity index (χ4n) is 1.89. The number of ether oxygens (including phenoxy) is 2. The molecule has 8 heteroatoms. The normalized spacial score (nSPS) is 12.2. The molecule has 0 radical (unpaired) electrons. The van der Waals surface area contributed by atoms with E-state index in [1.165, 1.54) is 32.4 Å². The minimum Gasteiger partial charge on any atom is -0.496 e. The lowest BCUT2D eigenvalue weighted by atomic mass is 10.0. The SMILES string of the molecule is COc1ccc([N+](=O)[O-])cc1C(C=O)N(C)C(=O)OC(C)(C)C. The number of carbonyl (C=O) groups excluding carboxylic acids is 2. The number of rotatable bonds is 5. The van der Waals surface area contributed by atoms with Crippen LogP contribution >= 0.6 is 0 Å². The van der Waals surface area contributed by atoms with Gasteiger partial charge in [0.2, 0.25) is 0 Å². The number of aldehydes is 1. The summed E-state index contributed by atoms with van der Waals surface area (Å²) in [6.07, 6.45) is -0.214. The van der Waals surface area contributed by atoms with Gasteiger partial charge in [0.05, 0.1) is 12.0 Å². The number of benzene rings is 1. The van der Waals surface area contributed by atoms with Crippen molar-refractivity contribution in [1.29, 1.82) is 0 Å². The molecule has 0 aliphatic heterocycles. The Labute approximate surface area is 134 Å². The summed E-state index contributed by atoms with van der Waals surface area (Å²) >= 11 is 0. The minimum atomic E-state index is -1.07. The van der Waals surface area contributed by atoms with Crippen molar-refractivity contribution in [2.45, 2.75) is 32.4 Å². The van der Waals surface area contributed by atoms with E-state index < -0.39 is 22.7 Å². The van der Waals surface area contributed by atoms with Crippen LogP contribution < -0.4 is 4.74 Å². The molecule has 1 atom stereocenters. The van der Waals surface area contributed by atoms with E-state index in [1.54, 1.807) is 20.8 Å². The number of carbonyl (C=O) groups is 2. The van der Waals surface area contributed by atoms with Crippen LogP contribution in [0.15, 0.2) is 18.2 Å². The molecule has 1 amide bonds. The highest BCUT2D eigenvalue weighted by molar-refractivity contribution is 5.75. The van der Waals surface area contributed by atoms with Gasteiger partial charge in [0.25, 0.3) is 5.69 Å². The van der Waals surface area contributed by atoms with Gasteiger partial charge in [0, 0.05) is 24.7 Å². The highest BCUT2D eigenvalue weighted by Gasteiger charge is 2.29. The highest BCUT2D eigenvalue weighted by Crippen LogP contribution is 2.31. The second-order valence-corrected chi connectivity index (χ2v) is 5.86. The van der Waals surface area contributed by atoms with E-state index >= 15 is 0 Å². The van der Waals surface area contributed by atoms with Crippen molar-refractivity contribution in [3.8, 4) is 5.75 Å². The van der Waals surface area contributed by atoms with Crippen molar-refractivity contribution in [2.75, 3.05) is 14.2 Å². The quantitative estimate of drug-likeness (QED) is 0.469. The van der Waals surface area contributed by atoms with Crippen molar-refractivity contribution in [2.24, 2.45) is 0 Å².